The molecule has 1 aromatic carbocycles. The first-order valence-corrected chi connectivity index (χ1v) is 6.85. The van der Waals surface area contributed by atoms with Gasteiger partial charge in [0.25, 0.3) is 5.56 Å². The molecule has 6 nitrogen and oxygen atoms in total. The number of carbonyl (C=O) groups excluding carboxylic acids is 2. The van der Waals surface area contributed by atoms with Crippen LogP contribution in [0.25, 0.3) is 10.9 Å². The third-order valence-electron chi connectivity index (χ3n) is 3.29. The van der Waals surface area contributed by atoms with Crippen LogP contribution in [0.15, 0.2) is 33.8 Å². The highest BCUT2D eigenvalue weighted by Crippen LogP contribution is 2.19. The Hall–Kier alpha value is -2.02. The Morgan fingerprint density at radius 1 is 1.30 bits per heavy atom. The van der Waals surface area contributed by atoms with Crippen LogP contribution in [0.4, 0.5) is 0 Å². The molecule has 0 aliphatic carbocycles. The van der Waals surface area contributed by atoms with E-state index in [0.29, 0.717) is 17.3 Å². The highest BCUT2D eigenvalue weighted by Gasteiger charge is 2.29. The van der Waals surface area contributed by atoms with Crippen molar-refractivity contribution in [3.63, 3.8) is 0 Å². The summed E-state index contributed by atoms with van der Waals surface area (Å²) < 4.78 is 2.12. The number of carbonyl (C=O) groups is 2. The van der Waals surface area contributed by atoms with Crippen molar-refractivity contribution in [2.45, 2.75) is 18.9 Å². The van der Waals surface area contributed by atoms with Gasteiger partial charge >= 0.3 is 0 Å². The maximum Gasteiger partial charge on any atom is 0.261 e. The number of imide groups is 1. The lowest BCUT2D eigenvalue weighted by molar-refractivity contribution is -0.135. The molecule has 1 unspecified atom stereocenters. The minimum absolute atomic E-state index is 0.223. The average Bonchev–Trinajstić information content (AvgIpc) is 2.40. The quantitative estimate of drug-likeness (QED) is 0.792. The van der Waals surface area contributed by atoms with E-state index < -0.39 is 11.9 Å². The summed E-state index contributed by atoms with van der Waals surface area (Å²) in [5.41, 5.74) is 0.282. The van der Waals surface area contributed by atoms with Gasteiger partial charge in [0.2, 0.25) is 11.8 Å². The molecule has 2 aromatic rings. The molecule has 1 aliphatic heterocycles. The van der Waals surface area contributed by atoms with Crippen molar-refractivity contribution in [1.29, 1.82) is 0 Å². The number of amides is 2. The summed E-state index contributed by atoms with van der Waals surface area (Å²) in [6, 6.07) is 4.48. The van der Waals surface area contributed by atoms with Crippen molar-refractivity contribution in [3.8, 4) is 0 Å². The zero-order chi connectivity index (χ0) is 14.3. The van der Waals surface area contributed by atoms with Crippen molar-refractivity contribution in [3.05, 3.63) is 39.4 Å². The number of nitrogens with one attached hydrogen (secondary N) is 1. The van der Waals surface area contributed by atoms with Crippen LogP contribution in [-0.2, 0) is 9.59 Å². The maximum absolute atomic E-state index is 12.4. The van der Waals surface area contributed by atoms with Crippen LogP contribution in [0, 0.1) is 0 Å². The fourth-order valence-corrected chi connectivity index (χ4v) is 2.63. The van der Waals surface area contributed by atoms with Crippen LogP contribution in [0.2, 0.25) is 0 Å². The Labute approximate surface area is 121 Å². The van der Waals surface area contributed by atoms with Gasteiger partial charge < -0.3 is 0 Å². The monoisotopic (exact) mass is 335 g/mol. The lowest BCUT2D eigenvalue weighted by Gasteiger charge is -2.22. The van der Waals surface area contributed by atoms with Crippen LogP contribution in [0.3, 0.4) is 0 Å². The van der Waals surface area contributed by atoms with Crippen LogP contribution >= 0.6 is 15.9 Å². The number of hydrogen-bond acceptors (Lipinski definition) is 4. The van der Waals surface area contributed by atoms with E-state index in [4.69, 9.17) is 0 Å². The second-order valence-corrected chi connectivity index (χ2v) is 5.50. The standard InChI is InChI=1S/C13H10BrN3O3/c14-7-1-2-8-9(5-7)15-6-17(13(8)20)10-3-4-11(18)16-12(10)19/h1-2,5-6,10H,3-4H2,(H,16,18,19). The Morgan fingerprint density at radius 2 is 2.10 bits per heavy atom. The highest BCUT2D eigenvalue weighted by molar-refractivity contribution is 9.10. The van der Waals surface area contributed by atoms with Gasteiger partial charge in [-0.1, -0.05) is 15.9 Å². The molecule has 1 atom stereocenters. The van der Waals surface area contributed by atoms with Crippen molar-refractivity contribution >= 4 is 38.6 Å². The summed E-state index contributed by atoms with van der Waals surface area (Å²) in [5.74, 6) is -0.765. The summed E-state index contributed by atoms with van der Waals surface area (Å²) >= 11 is 3.32. The molecule has 102 valence electrons. The molecule has 0 radical (unpaired) electrons. The minimum atomic E-state index is -0.680. The lowest BCUT2D eigenvalue weighted by atomic mass is 10.1. The second kappa shape index (κ2) is 4.82. The molecule has 1 saturated heterocycles. The molecule has 0 saturated carbocycles. The van der Waals surface area contributed by atoms with E-state index in [1.165, 1.54) is 10.9 Å². The summed E-state index contributed by atoms with van der Waals surface area (Å²) in [6.07, 6.45) is 1.90. The normalized spacial score (nSPS) is 19.1. The van der Waals surface area contributed by atoms with E-state index >= 15 is 0 Å². The summed E-state index contributed by atoms with van der Waals surface area (Å²) in [5, 5.41) is 2.68. The van der Waals surface area contributed by atoms with Gasteiger partial charge in [-0.05, 0) is 24.6 Å². The van der Waals surface area contributed by atoms with Crippen LogP contribution in [-0.4, -0.2) is 21.4 Å². The second-order valence-electron chi connectivity index (χ2n) is 4.59. The molecular formula is C13H10BrN3O3. The number of benzene rings is 1. The zero-order valence-corrected chi connectivity index (χ0v) is 11.9. The van der Waals surface area contributed by atoms with E-state index in [2.05, 4.69) is 26.2 Å². The van der Waals surface area contributed by atoms with E-state index in [1.807, 2.05) is 0 Å². The Morgan fingerprint density at radius 3 is 2.85 bits per heavy atom. The lowest BCUT2D eigenvalue weighted by Crippen LogP contribution is -2.44. The van der Waals surface area contributed by atoms with Crippen LogP contribution in [0.5, 0.6) is 0 Å². The van der Waals surface area contributed by atoms with Crippen molar-refractivity contribution in [2.75, 3.05) is 0 Å². The third-order valence-corrected chi connectivity index (χ3v) is 3.79. The SMILES string of the molecule is O=C1CCC(n2cnc3cc(Br)ccc3c2=O)C(=O)N1. The molecule has 2 heterocycles. The first-order valence-electron chi connectivity index (χ1n) is 6.06. The predicted octanol–water partition coefficient (Wildman–Crippen LogP) is 1.14. The van der Waals surface area contributed by atoms with Gasteiger partial charge in [0.15, 0.2) is 0 Å². The number of hydrogen-bond donors (Lipinski definition) is 1. The molecule has 20 heavy (non-hydrogen) atoms. The largest absolute Gasteiger partial charge is 0.295 e. The number of rotatable bonds is 1. The van der Waals surface area contributed by atoms with Gasteiger partial charge in [0.1, 0.15) is 6.04 Å². The molecular weight excluding hydrogens is 326 g/mol. The first-order chi connectivity index (χ1) is 9.56. The Kier molecular flexibility index (Phi) is 3.13. The summed E-state index contributed by atoms with van der Waals surface area (Å²) in [4.78, 5) is 39.6. The van der Waals surface area contributed by atoms with Gasteiger partial charge in [0.05, 0.1) is 17.2 Å². The van der Waals surface area contributed by atoms with Gasteiger partial charge in [-0.25, -0.2) is 4.98 Å². The third kappa shape index (κ3) is 2.14. The van der Waals surface area contributed by atoms with E-state index in [1.54, 1.807) is 18.2 Å². The molecule has 0 spiro atoms. The van der Waals surface area contributed by atoms with Crippen molar-refractivity contribution in [1.82, 2.24) is 14.9 Å². The summed E-state index contributed by atoms with van der Waals surface area (Å²) in [7, 11) is 0. The number of fused-ring (bicyclic) bond motifs is 1. The molecule has 3 rings (SSSR count). The molecule has 2 amide bonds. The number of nitrogens with zero attached hydrogens (tertiary/aromatic N) is 2. The predicted molar refractivity (Wildman–Crippen MR) is 75.1 cm³/mol. The molecule has 1 aromatic heterocycles. The van der Waals surface area contributed by atoms with Gasteiger partial charge in [-0.3, -0.25) is 24.3 Å². The van der Waals surface area contributed by atoms with E-state index in [9.17, 15) is 14.4 Å². The molecule has 7 heteroatoms. The molecule has 1 aliphatic rings. The minimum Gasteiger partial charge on any atom is -0.295 e. The topological polar surface area (TPSA) is 81.1 Å². The zero-order valence-electron chi connectivity index (χ0n) is 10.3. The highest BCUT2D eigenvalue weighted by atomic mass is 79.9. The summed E-state index contributed by atoms with van der Waals surface area (Å²) in [6.45, 7) is 0. The molecule has 1 fully saturated rings. The average molecular weight is 336 g/mol. The smallest absolute Gasteiger partial charge is 0.261 e. The van der Waals surface area contributed by atoms with Crippen molar-refractivity contribution in [2.24, 2.45) is 0 Å². The number of halogens is 1. The Balaban J connectivity index is 2.11. The fraction of sp³-hybridized carbons (Fsp3) is 0.231. The van der Waals surface area contributed by atoms with E-state index in [0.717, 1.165) is 4.47 Å². The molecule has 1 N–H and O–H groups in total. The van der Waals surface area contributed by atoms with Gasteiger partial charge in [0, 0.05) is 10.9 Å². The Bertz CT molecular complexity index is 784. The van der Waals surface area contributed by atoms with Crippen molar-refractivity contribution < 1.29 is 9.59 Å². The first kappa shape index (κ1) is 13.0. The van der Waals surface area contributed by atoms with E-state index in [-0.39, 0.29) is 17.9 Å². The van der Waals surface area contributed by atoms with Gasteiger partial charge in [-0.15, -0.1) is 0 Å². The van der Waals surface area contributed by atoms with Crippen LogP contribution in [0.1, 0.15) is 18.9 Å². The van der Waals surface area contributed by atoms with Gasteiger partial charge in [-0.2, -0.15) is 0 Å². The maximum atomic E-state index is 12.4. The molecule has 0 bridgehead atoms. The van der Waals surface area contributed by atoms with Crippen LogP contribution < -0.4 is 10.9 Å². The number of piperidine rings is 1. The fourth-order valence-electron chi connectivity index (χ4n) is 2.28. The number of aromatic nitrogens is 2.